The Balaban J connectivity index is 1.38. The first-order valence-corrected chi connectivity index (χ1v) is 17.8. The molecule has 0 atom stereocenters. The van der Waals surface area contributed by atoms with Crippen molar-refractivity contribution in [3.05, 3.63) is 167 Å². The lowest BCUT2D eigenvalue weighted by molar-refractivity contribution is -0.142. The van der Waals surface area contributed by atoms with Gasteiger partial charge in [-0.05, 0) is 104 Å². The number of hydrogen-bond acceptors (Lipinski definition) is 1. The fraction of sp³-hybridized carbons (Fsp3) is 0.0851. The van der Waals surface area contributed by atoms with Gasteiger partial charge >= 0.3 is 12.4 Å². The molecule has 2 aromatic heterocycles. The molecule has 0 aliphatic carbocycles. The van der Waals surface area contributed by atoms with Crippen LogP contribution in [0.15, 0.2) is 140 Å². The van der Waals surface area contributed by atoms with Crippen molar-refractivity contribution in [3.8, 4) is 39.7 Å². The average molecular weight is 750 g/mol. The van der Waals surface area contributed by atoms with Crippen LogP contribution in [0.25, 0.3) is 77.2 Å². The molecular weight excluding hydrogens is 721 g/mol. The van der Waals surface area contributed by atoms with Gasteiger partial charge in [0.25, 0.3) is 0 Å². The minimum Gasteiger partial charge on any atom is -0.309 e. The predicted octanol–water partition coefficient (Wildman–Crippen LogP) is 13.7. The smallest absolute Gasteiger partial charge is 0.309 e. The highest BCUT2D eigenvalue weighted by Crippen LogP contribution is 2.45. The molecule has 0 aliphatic heterocycles. The summed E-state index contributed by atoms with van der Waals surface area (Å²) in [5.41, 5.74) is 4.91. The van der Waals surface area contributed by atoms with E-state index in [1.807, 2.05) is 103 Å². The first kappa shape index (κ1) is 34.9. The van der Waals surface area contributed by atoms with Crippen LogP contribution < -0.4 is 0 Å². The molecule has 0 fully saturated rings. The molecule has 0 aliphatic rings. The van der Waals surface area contributed by atoms with Crippen molar-refractivity contribution >= 4 is 43.6 Å². The van der Waals surface area contributed by atoms with Gasteiger partial charge in [-0.2, -0.15) is 31.6 Å². The van der Waals surface area contributed by atoms with Crippen LogP contribution in [0.5, 0.6) is 0 Å². The Labute approximate surface area is 316 Å². The summed E-state index contributed by atoms with van der Waals surface area (Å²) in [6.45, 7) is 4.02. The molecule has 0 N–H and O–H groups in total. The van der Waals surface area contributed by atoms with E-state index < -0.39 is 29.0 Å². The summed E-state index contributed by atoms with van der Waals surface area (Å²) < 4.78 is 89.1. The number of benzene rings is 7. The van der Waals surface area contributed by atoms with Crippen LogP contribution in [0, 0.1) is 25.2 Å². The summed E-state index contributed by atoms with van der Waals surface area (Å²) >= 11 is 0. The lowest BCUT2D eigenvalue weighted by atomic mass is 9.91. The SMILES string of the molecule is Cc1ccc2c(c1)c1ccccc1n2-c1ccc(C#N)c(-c2cc(-c3ccc(C(F)(F)F)cc3C(F)(F)F)ccc2-n2c3ccccc3c3cc(C)ccc32)c1. The molecule has 9 rings (SSSR count). The van der Waals surface area contributed by atoms with Crippen molar-refractivity contribution in [3.63, 3.8) is 0 Å². The summed E-state index contributed by atoms with van der Waals surface area (Å²) in [5.74, 6) is 0. The van der Waals surface area contributed by atoms with Crippen molar-refractivity contribution in [2.75, 3.05) is 0 Å². The molecule has 0 spiro atoms. The highest BCUT2D eigenvalue weighted by atomic mass is 19.4. The maximum Gasteiger partial charge on any atom is 0.417 e. The van der Waals surface area contributed by atoms with Gasteiger partial charge < -0.3 is 9.13 Å². The Bertz CT molecular complexity index is 3100. The third kappa shape index (κ3) is 5.60. The van der Waals surface area contributed by atoms with E-state index in [4.69, 9.17) is 0 Å². The summed E-state index contributed by atoms with van der Waals surface area (Å²) in [6.07, 6.45) is -10.1. The predicted molar refractivity (Wildman–Crippen MR) is 210 cm³/mol. The van der Waals surface area contributed by atoms with Gasteiger partial charge in [0.05, 0.1) is 50.5 Å². The molecule has 0 saturated heterocycles. The van der Waals surface area contributed by atoms with Crippen LogP contribution in [-0.4, -0.2) is 9.13 Å². The third-order valence-corrected chi connectivity index (χ3v) is 10.5. The van der Waals surface area contributed by atoms with Gasteiger partial charge in [0, 0.05) is 38.4 Å². The first-order chi connectivity index (χ1) is 26.8. The Hall–Kier alpha value is -6.79. The molecule has 0 bridgehead atoms. The molecule has 0 saturated carbocycles. The minimum absolute atomic E-state index is 0.0445. The highest BCUT2D eigenvalue weighted by Gasteiger charge is 2.38. The number of nitrogens with zero attached hydrogens (tertiary/aromatic N) is 3. The molecule has 2 heterocycles. The zero-order valence-electron chi connectivity index (χ0n) is 29.9. The number of aromatic nitrogens is 2. The van der Waals surface area contributed by atoms with Gasteiger partial charge in [-0.15, -0.1) is 0 Å². The van der Waals surface area contributed by atoms with Crippen LogP contribution in [-0.2, 0) is 12.4 Å². The Morgan fingerprint density at radius 2 is 1.07 bits per heavy atom. The van der Waals surface area contributed by atoms with E-state index in [0.29, 0.717) is 28.6 Å². The van der Waals surface area contributed by atoms with E-state index in [0.717, 1.165) is 60.8 Å². The molecule has 9 aromatic rings. The van der Waals surface area contributed by atoms with Gasteiger partial charge in [0.15, 0.2) is 0 Å². The Morgan fingerprint density at radius 3 is 1.68 bits per heavy atom. The van der Waals surface area contributed by atoms with Crippen molar-refractivity contribution in [1.82, 2.24) is 9.13 Å². The number of alkyl halides is 6. The zero-order chi connectivity index (χ0) is 39.1. The largest absolute Gasteiger partial charge is 0.417 e. The second kappa shape index (κ2) is 12.6. The second-order valence-electron chi connectivity index (χ2n) is 14.1. The van der Waals surface area contributed by atoms with E-state index in [1.54, 1.807) is 18.2 Å². The van der Waals surface area contributed by atoms with E-state index in [-0.39, 0.29) is 17.2 Å². The van der Waals surface area contributed by atoms with Crippen molar-refractivity contribution in [1.29, 1.82) is 5.26 Å². The van der Waals surface area contributed by atoms with Gasteiger partial charge in [-0.3, -0.25) is 0 Å². The topological polar surface area (TPSA) is 33.6 Å². The van der Waals surface area contributed by atoms with E-state index in [1.165, 1.54) is 6.07 Å². The number of para-hydroxylation sites is 2. The van der Waals surface area contributed by atoms with Crippen LogP contribution in [0.4, 0.5) is 26.3 Å². The van der Waals surface area contributed by atoms with Crippen LogP contribution in [0.1, 0.15) is 27.8 Å². The maximum atomic E-state index is 14.6. The van der Waals surface area contributed by atoms with Gasteiger partial charge in [-0.25, -0.2) is 0 Å². The molecule has 3 nitrogen and oxygen atoms in total. The van der Waals surface area contributed by atoms with E-state index in [2.05, 4.69) is 22.8 Å². The molecule has 0 radical (unpaired) electrons. The van der Waals surface area contributed by atoms with Gasteiger partial charge in [0.1, 0.15) is 0 Å². The summed E-state index contributed by atoms with van der Waals surface area (Å²) in [6, 6.07) is 42.1. The number of aryl methyl sites for hydroxylation is 2. The lowest BCUT2D eigenvalue weighted by Crippen LogP contribution is -2.12. The monoisotopic (exact) mass is 749 g/mol. The van der Waals surface area contributed by atoms with Crippen LogP contribution in [0.2, 0.25) is 0 Å². The number of fused-ring (bicyclic) bond motifs is 6. The Kier molecular flexibility index (Phi) is 7.89. The first-order valence-electron chi connectivity index (χ1n) is 17.8. The minimum atomic E-state index is -5.09. The van der Waals surface area contributed by atoms with Gasteiger partial charge in [0.2, 0.25) is 0 Å². The summed E-state index contributed by atoms with van der Waals surface area (Å²) in [7, 11) is 0. The van der Waals surface area contributed by atoms with E-state index in [9.17, 15) is 31.6 Å². The fourth-order valence-electron chi connectivity index (χ4n) is 8.02. The highest BCUT2D eigenvalue weighted by molar-refractivity contribution is 6.11. The molecule has 0 unspecified atom stereocenters. The average Bonchev–Trinajstić information content (AvgIpc) is 3.68. The van der Waals surface area contributed by atoms with Gasteiger partial charge in [-0.1, -0.05) is 71.8 Å². The van der Waals surface area contributed by atoms with Crippen molar-refractivity contribution < 1.29 is 26.3 Å². The maximum absolute atomic E-state index is 14.6. The Morgan fingerprint density at radius 1 is 0.482 bits per heavy atom. The number of hydrogen-bond donors (Lipinski definition) is 0. The van der Waals surface area contributed by atoms with E-state index >= 15 is 0 Å². The normalized spacial score (nSPS) is 12.3. The third-order valence-electron chi connectivity index (χ3n) is 10.5. The lowest BCUT2D eigenvalue weighted by Gasteiger charge is -2.20. The standard InChI is InChI=1S/C47H29F6N3/c1-27-11-18-43-37(21-27)34-7-3-5-9-41(34)55(43)32-16-13-30(26-54)36(25-32)39-23-29(33-17-15-31(46(48,49)50)24-40(33)47(51,52)53)14-20-45(39)56-42-10-6-4-8-35(42)38-22-28(2)12-19-44(38)56/h3-25H,1-2H3. The van der Waals surface area contributed by atoms with Crippen LogP contribution >= 0.6 is 0 Å². The second-order valence-corrected chi connectivity index (χ2v) is 14.1. The fourth-order valence-corrected chi connectivity index (χ4v) is 8.02. The number of halogens is 6. The number of rotatable bonds is 4. The molecular formula is C47H29F6N3. The summed E-state index contributed by atoms with van der Waals surface area (Å²) in [4.78, 5) is 0. The molecule has 274 valence electrons. The van der Waals surface area contributed by atoms with Crippen molar-refractivity contribution in [2.45, 2.75) is 26.2 Å². The molecule has 9 heteroatoms. The van der Waals surface area contributed by atoms with Crippen LogP contribution in [0.3, 0.4) is 0 Å². The number of nitriles is 1. The molecule has 56 heavy (non-hydrogen) atoms. The summed E-state index contributed by atoms with van der Waals surface area (Å²) in [5, 5.41) is 14.6. The zero-order valence-corrected chi connectivity index (χ0v) is 29.9. The van der Waals surface area contributed by atoms with Crippen molar-refractivity contribution in [2.24, 2.45) is 0 Å². The quantitative estimate of drug-likeness (QED) is 0.165. The molecule has 7 aromatic carbocycles. The molecule has 0 amide bonds.